The van der Waals surface area contributed by atoms with Crippen LogP contribution in [0.25, 0.3) is 5.69 Å². The molecule has 3 rings (SSSR count). The van der Waals surface area contributed by atoms with Crippen molar-refractivity contribution in [1.82, 2.24) is 9.55 Å². The van der Waals surface area contributed by atoms with E-state index < -0.39 is 56.4 Å². The first kappa shape index (κ1) is 23.1. The largest absolute Gasteiger partial charge is 0.435 e. The zero-order chi connectivity index (χ0) is 23.8. The number of benzene rings is 2. The summed E-state index contributed by atoms with van der Waals surface area (Å²) in [4.78, 5) is 26.1. The van der Waals surface area contributed by atoms with Crippen LogP contribution in [0.15, 0.2) is 53.3 Å². The van der Waals surface area contributed by atoms with Crippen molar-refractivity contribution in [2.45, 2.75) is 12.4 Å². The van der Waals surface area contributed by atoms with E-state index in [0.29, 0.717) is 16.7 Å². The molecule has 0 radical (unpaired) electrons. The fourth-order valence-electron chi connectivity index (χ4n) is 2.67. The van der Waals surface area contributed by atoms with Crippen LogP contribution in [0.3, 0.4) is 0 Å². The van der Waals surface area contributed by atoms with Gasteiger partial charge in [0.25, 0.3) is 11.2 Å². The molecule has 0 spiro atoms. The highest BCUT2D eigenvalue weighted by Gasteiger charge is 2.38. The van der Waals surface area contributed by atoms with E-state index >= 15 is 0 Å². The Kier molecular flexibility index (Phi) is 5.87. The van der Waals surface area contributed by atoms with Crippen molar-refractivity contribution in [2.24, 2.45) is 0 Å². The molecule has 14 heteroatoms. The third-order valence-electron chi connectivity index (χ3n) is 4.08. The minimum Gasteiger partial charge on any atom is -0.319 e. The van der Waals surface area contributed by atoms with Gasteiger partial charge in [-0.1, -0.05) is 29.8 Å². The van der Waals surface area contributed by atoms with Gasteiger partial charge in [-0.05, 0) is 24.3 Å². The second-order valence-corrected chi connectivity index (χ2v) is 6.56. The summed E-state index contributed by atoms with van der Waals surface area (Å²) in [6, 6.07) is 8.40. The molecule has 0 unspecified atom stereocenters. The predicted molar refractivity (Wildman–Crippen MR) is 101 cm³/mol. The fraction of sp³-hybridized carbons (Fsp3) is 0.111. The summed E-state index contributed by atoms with van der Waals surface area (Å²) in [6.45, 7) is 0. The lowest BCUT2D eigenvalue weighted by molar-refractivity contribution is -0.384. The average molecular weight is 479 g/mol. The van der Waals surface area contributed by atoms with Gasteiger partial charge in [0.05, 0.1) is 16.2 Å². The standard InChI is InChI=1S/C18H9ClF6N4O3/c19-13-14(18(23,24)25)27-16(28(15(13)30)10-4-2-1-3-5-10)26-11-7-6-9(17(20,21)22)8-12(11)29(31)32/h1-8H,(H,26,27). The van der Waals surface area contributed by atoms with Gasteiger partial charge in [0.15, 0.2) is 5.69 Å². The number of nitrogens with zero attached hydrogens (tertiary/aromatic N) is 3. The summed E-state index contributed by atoms with van der Waals surface area (Å²) >= 11 is 5.58. The highest BCUT2D eigenvalue weighted by molar-refractivity contribution is 6.31. The molecule has 0 atom stereocenters. The number of nitro groups is 1. The summed E-state index contributed by atoms with van der Waals surface area (Å²) in [7, 11) is 0. The van der Waals surface area contributed by atoms with Crippen LogP contribution in [-0.2, 0) is 12.4 Å². The molecule has 2 aromatic carbocycles. The number of alkyl halides is 6. The van der Waals surface area contributed by atoms with Crippen LogP contribution >= 0.6 is 11.6 Å². The summed E-state index contributed by atoms with van der Waals surface area (Å²) in [5.74, 6) is -0.846. The number of hydrogen-bond donors (Lipinski definition) is 1. The molecule has 1 N–H and O–H groups in total. The van der Waals surface area contributed by atoms with Gasteiger partial charge in [0.1, 0.15) is 10.7 Å². The molecule has 0 aliphatic rings. The monoisotopic (exact) mass is 478 g/mol. The predicted octanol–water partition coefficient (Wildman–Crippen LogP) is 5.58. The van der Waals surface area contributed by atoms with Gasteiger partial charge in [-0.3, -0.25) is 14.9 Å². The number of para-hydroxylation sites is 1. The average Bonchev–Trinajstić information content (AvgIpc) is 2.69. The van der Waals surface area contributed by atoms with Crippen molar-refractivity contribution in [3.8, 4) is 5.69 Å². The van der Waals surface area contributed by atoms with Crippen LogP contribution in [0, 0.1) is 10.1 Å². The minimum atomic E-state index is -5.16. The lowest BCUT2D eigenvalue weighted by Gasteiger charge is -2.17. The molecule has 168 valence electrons. The van der Waals surface area contributed by atoms with Gasteiger partial charge in [-0.15, -0.1) is 0 Å². The van der Waals surface area contributed by atoms with E-state index in [-0.39, 0.29) is 11.8 Å². The minimum absolute atomic E-state index is 0.00214. The van der Waals surface area contributed by atoms with E-state index in [2.05, 4.69) is 10.3 Å². The van der Waals surface area contributed by atoms with E-state index in [9.17, 15) is 41.3 Å². The Morgan fingerprint density at radius 3 is 2.16 bits per heavy atom. The molecule has 0 aliphatic carbocycles. The Hall–Kier alpha value is -3.61. The van der Waals surface area contributed by atoms with Crippen molar-refractivity contribution in [3.63, 3.8) is 0 Å². The highest BCUT2D eigenvalue weighted by Crippen LogP contribution is 2.37. The van der Waals surface area contributed by atoms with Gasteiger partial charge < -0.3 is 5.32 Å². The second-order valence-electron chi connectivity index (χ2n) is 6.18. The molecular formula is C18H9ClF6N4O3. The van der Waals surface area contributed by atoms with Crippen molar-refractivity contribution >= 4 is 28.9 Å². The molecule has 0 fully saturated rings. The van der Waals surface area contributed by atoms with Gasteiger partial charge in [-0.2, -0.15) is 26.3 Å². The maximum absolute atomic E-state index is 13.3. The van der Waals surface area contributed by atoms with Crippen LogP contribution in [-0.4, -0.2) is 14.5 Å². The number of nitro benzene ring substituents is 1. The zero-order valence-corrected chi connectivity index (χ0v) is 16.1. The maximum atomic E-state index is 13.3. The van der Waals surface area contributed by atoms with Crippen molar-refractivity contribution in [3.05, 3.63) is 85.3 Å². The molecule has 32 heavy (non-hydrogen) atoms. The number of nitrogens with one attached hydrogen (secondary N) is 1. The number of halogens is 7. The first-order valence-corrected chi connectivity index (χ1v) is 8.76. The first-order chi connectivity index (χ1) is 14.8. The van der Waals surface area contributed by atoms with Gasteiger partial charge >= 0.3 is 12.4 Å². The van der Waals surface area contributed by atoms with Crippen molar-refractivity contribution < 1.29 is 31.3 Å². The van der Waals surface area contributed by atoms with Crippen molar-refractivity contribution in [1.29, 1.82) is 0 Å². The van der Waals surface area contributed by atoms with Crippen LogP contribution in [0.5, 0.6) is 0 Å². The Morgan fingerprint density at radius 1 is 1.00 bits per heavy atom. The number of hydrogen-bond acceptors (Lipinski definition) is 5. The third kappa shape index (κ3) is 4.51. The Bertz CT molecular complexity index is 1240. The molecule has 0 aliphatic heterocycles. The quantitative estimate of drug-likeness (QED) is 0.300. The fourth-order valence-corrected chi connectivity index (χ4v) is 2.91. The normalized spacial score (nSPS) is 12.0. The Balaban J connectivity index is 2.27. The van der Waals surface area contributed by atoms with E-state index in [0.717, 1.165) is 0 Å². The zero-order valence-electron chi connectivity index (χ0n) is 15.3. The lowest BCUT2D eigenvalue weighted by Crippen LogP contribution is -2.27. The summed E-state index contributed by atoms with van der Waals surface area (Å²) in [5.41, 5.74) is -6.20. The molecule has 3 aromatic rings. The molecule has 7 nitrogen and oxygen atoms in total. The number of aromatic nitrogens is 2. The SMILES string of the molecule is O=c1c(Cl)c(C(F)(F)F)nc(Nc2ccc(C(F)(F)F)cc2[N+](=O)[O-])n1-c1ccccc1. The molecule has 0 amide bonds. The molecule has 1 heterocycles. The highest BCUT2D eigenvalue weighted by atomic mass is 35.5. The maximum Gasteiger partial charge on any atom is 0.435 e. The summed E-state index contributed by atoms with van der Waals surface area (Å²) < 4.78 is 79.3. The number of anilines is 2. The molecular weight excluding hydrogens is 470 g/mol. The van der Waals surface area contributed by atoms with Crippen molar-refractivity contribution in [2.75, 3.05) is 5.32 Å². The second kappa shape index (κ2) is 8.15. The molecule has 0 bridgehead atoms. The summed E-state index contributed by atoms with van der Waals surface area (Å²) in [6.07, 6.45) is -10.1. The van der Waals surface area contributed by atoms with Crippen LogP contribution in [0.2, 0.25) is 5.02 Å². The Labute approximate surface area is 179 Å². The van der Waals surface area contributed by atoms with Crippen LogP contribution < -0.4 is 10.9 Å². The van der Waals surface area contributed by atoms with E-state index in [1.54, 1.807) is 6.07 Å². The lowest BCUT2D eigenvalue weighted by atomic mass is 10.1. The molecule has 1 aromatic heterocycles. The Morgan fingerprint density at radius 2 is 1.62 bits per heavy atom. The van der Waals surface area contributed by atoms with E-state index in [4.69, 9.17) is 11.6 Å². The third-order valence-corrected chi connectivity index (χ3v) is 4.42. The molecule has 0 saturated heterocycles. The van der Waals surface area contributed by atoms with E-state index in [1.165, 1.54) is 24.3 Å². The van der Waals surface area contributed by atoms with Gasteiger partial charge in [-0.25, -0.2) is 9.55 Å². The van der Waals surface area contributed by atoms with Crippen LogP contribution in [0.4, 0.5) is 43.7 Å². The van der Waals surface area contributed by atoms with Crippen LogP contribution in [0.1, 0.15) is 11.3 Å². The van der Waals surface area contributed by atoms with Gasteiger partial charge in [0, 0.05) is 6.07 Å². The topological polar surface area (TPSA) is 90.1 Å². The number of rotatable bonds is 4. The molecule has 0 saturated carbocycles. The van der Waals surface area contributed by atoms with Gasteiger partial charge in [0.2, 0.25) is 5.95 Å². The summed E-state index contributed by atoms with van der Waals surface area (Å²) in [5, 5.41) is 12.2. The first-order valence-electron chi connectivity index (χ1n) is 8.38. The van der Waals surface area contributed by atoms with E-state index in [1.807, 2.05) is 0 Å². The smallest absolute Gasteiger partial charge is 0.319 e.